The van der Waals surface area contributed by atoms with Crippen LogP contribution in [0.25, 0.3) is 22.3 Å². The highest BCUT2D eigenvalue weighted by Gasteiger charge is 2.10. The molecule has 0 aliphatic carbocycles. The summed E-state index contributed by atoms with van der Waals surface area (Å²) in [4.78, 5) is 9.42. The summed E-state index contributed by atoms with van der Waals surface area (Å²) in [7, 11) is 0. The molecule has 0 aliphatic heterocycles. The smallest absolute Gasteiger partial charge is 0.162 e. The second kappa shape index (κ2) is 6.45. The summed E-state index contributed by atoms with van der Waals surface area (Å²) in [6, 6.07) is 19.8. The number of anilines is 1. The van der Waals surface area contributed by atoms with Crippen LogP contribution in [0.2, 0.25) is 0 Å². The zero-order valence-electron chi connectivity index (χ0n) is 12.7. The lowest BCUT2D eigenvalue weighted by molar-refractivity contribution is 0.518. The maximum Gasteiger partial charge on any atom is 0.162 e. The molecule has 0 fully saturated rings. The van der Waals surface area contributed by atoms with Crippen molar-refractivity contribution in [3.8, 4) is 11.4 Å². The van der Waals surface area contributed by atoms with Crippen molar-refractivity contribution in [2.75, 3.05) is 5.32 Å². The lowest BCUT2D eigenvalue weighted by Crippen LogP contribution is -2.03. The molecule has 0 atom stereocenters. The van der Waals surface area contributed by atoms with Crippen LogP contribution < -0.4 is 5.32 Å². The minimum atomic E-state index is 0.569. The molecular formula is C19H14BrN3O. The first-order valence-corrected chi connectivity index (χ1v) is 8.38. The van der Waals surface area contributed by atoms with Crippen molar-refractivity contribution in [2.24, 2.45) is 0 Å². The number of furan rings is 1. The highest BCUT2D eigenvalue weighted by Crippen LogP contribution is 2.27. The number of fused-ring (bicyclic) bond motifs is 1. The van der Waals surface area contributed by atoms with E-state index in [1.807, 2.05) is 60.7 Å². The maximum absolute atomic E-state index is 5.39. The molecule has 24 heavy (non-hydrogen) atoms. The molecule has 0 saturated carbocycles. The largest absolute Gasteiger partial charge is 0.467 e. The van der Waals surface area contributed by atoms with Gasteiger partial charge in [-0.05, 0) is 30.3 Å². The quantitative estimate of drug-likeness (QED) is 0.525. The molecule has 0 saturated heterocycles. The maximum atomic E-state index is 5.39. The van der Waals surface area contributed by atoms with Gasteiger partial charge < -0.3 is 9.73 Å². The van der Waals surface area contributed by atoms with Gasteiger partial charge in [-0.3, -0.25) is 0 Å². The Kier molecular flexibility index (Phi) is 4.01. The lowest BCUT2D eigenvalue weighted by Gasteiger charge is -2.10. The third-order valence-electron chi connectivity index (χ3n) is 3.70. The monoisotopic (exact) mass is 379 g/mol. The summed E-state index contributed by atoms with van der Waals surface area (Å²) >= 11 is 3.52. The molecule has 0 unspecified atom stereocenters. The van der Waals surface area contributed by atoms with Gasteiger partial charge in [-0.2, -0.15) is 0 Å². The van der Waals surface area contributed by atoms with E-state index in [0.717, 1.165) is 32.5 Å². The SMILES string of the molecule is Brc1ccc2nc(-c3ccccc3)nc(NCc3ccco3)c2c1. The molecular weight excluding hydrogens is 366 g/mol. The zero-order chi connectivity index (χ0) is 16.4. The first kappa shape index (κ1) is 14.9. The van der Waals surface area contributed by atoms with Gasteiger partial charge in [0.15, 0.2) is 5.82 Å². The fourth-order valence-corrected chi connectivity index (χ4v) is 2.90. The summed E-state index contributed by atoms with van der Waals surface area (Å²) in [5.41, 5.74) is 1.89. The van der Waals surface area contributed by atoms with Crippen LogP contribution in [-0.4, -0.2) is 9.97 Å². The Bertz CT molecular complexity index is 969. The zero-order valence-corrected chi connectivity index (χ0v) is 14.3. The van der Waals surface area contributed by atoms with E-state index in [0.29, 0.717) is 12.4 Å². The Morgan fingerprint density at radius 1 is 0.958 bits per heavy atom. The molecule has 5 heteroatoms. The third kappa shape index (κ3) is 3.03. The summed E-state index contributed by atoms with van der Waals surface area (Å²) in [6.07, 6.45) is 1.67. The van der Waals surface area contributed by atoms with Gasteiger partial charge in [0.25, 0.3) is 0 Å². The van der Waals surface area contributed by atoms with Crippen molar-refractivity contribution in [1.82, 2.24) is 9.97 Å². The normalized spacial score (nSPS) is 10.9. The Morgan fingerprint density at radius 3 is 2.62 bits per heavy atom. The molecule has 2 aromatic carbocycles. The molecule has 0 aliphatic rings. The predicted molar refractivity (Wildman–Crippen MR) is 98.7 cm³/mol. The standard InChI is InChI=1S/C19H14BrN3O/c20-14-8-9-17-16(11-14)19(21-12-15-7-4-10-24-15)23-18(22-17)13-5-2-1-3-6-13/h1-11H,12H2,(H,21,22,23). The molecule has 0 bridgehead atoms. The van der Waals surface area contributed by atoms with Crippen molar-refractivity contribution in [3.05, 3.63) is 77.2 Å². The Labute approximate surface area is 147 Å². The molecule has 4 nitrogen and oxygen atoms in total. The Balaban J connectivity index is 1.80. The van der Waals surface area contributed by atoms with Gasteiger partial charge in [-0.15, -0.1) is 0 Å². The van der Waals surface area contributed by atoms with Gasteiger partial charge in [0, 0.05) is 15.4 Å². The van der Waals surface area contributed by atoms with E-state index in [-0.39, 0.29) is 0 Å². The number of nitrogens with zero attached hydrogens (tertiary/aromatic N) is 2. The van der Waals surface area contributed by atoms with Gasteiger partial charge >= 0.3 is 0 Å². The molecule has 118 valence electrons. The van der Waals surface area contributed by atoms with Crippen molar-refractivity contribution < 1.29 is 4.42 Å². The van der Waals surface area contributed by atoms with E-state index in [2.05, 4.69) is 21.2 Å². The summed E-state index contributed by atoms with van der Waals surface area (Å²) in [6.45, 7) is 0.569. The number of aromatic nitrogens is 2. The fraction of sp³-hybridized carbons (Fsp3) is 0.0526. The number of halogens is 1. The summed E-state index contributed by atoms with van der Waals surface area (Å²) < 4.78 is 6.38. The minimum absolute atomic E-state index is 0.569. The lowest BCUT2D eigenvalue weighted by atomic mass is 10.2. The average molecular weight is 380 g/mol. The van der Waals surface area contributed by atoms with Crippen molar-refractivity contribution in [2.45, 2.75) is 6.54 Å². The van der Waals surface area contributed by atoms with Gasteiger partial charge in [-0.1, -0.05) is 46.3 Å². The van der Waals surface area contributed by atoms with Crippen molar-refractivity contribution in [1.29, 1.82) is 0 Å². The first-order valence-electron chi connectivity index (χ1n) is 7.58. The number of rotatable bonds is 4. The van der Waals surface area contributed by atoms with E-state index in [4.69, 9.17) is 14.4 Å². The van der Waals surface area contributed by atoms with Crippen LogP contribution in [0.3, 0.4) is 0 Å². The minimum Gasteiger partial charge on any atom is -0.467 e. The van der Waals surface area contributed by atoms with E-state index >= 15 is 0 Å². The van der Waals surface area contributed by atoms with Crippen LogP contribution in [0.15, 0.2) is 75.8 Å². The molecule has 1 N–H and O–H groups in total. The average Bonchev–Trinajstić information content (AvgIpc) is 3.14. The summed E-state index contributed by atoms with van der Waals surface area (Å²) in [5, 5.41) is 4.33. The van der Waals surface area contributed by atoms with E-state index in [1.54, 1.807) is 6.26 Å². The van der Waals surface area contributed by atoms with E-state index in [9.17, 15) is 0 Å². The van der Waals surface area contributed by atoms with Crippen LogP contribution >= 0.6 is 15.9 Å². The molecule has 0 radical (unpaired) electrons. The van der Waals surface area contributed by atoms with Gasteiger partial charge in [0.1, 0.15) is 11.6 Å². The number of hydrogen-bond acceptors (Lipinski definition) is 4. The van der Waals surface area contributed by atoms with Gasteiger partial charge in [0.05, 0.1) is 18.3 Å². The van der Waals surface area contributed by atoms with Crippen LogP contribution in [0.5, 0.6) is 0 Å². The van der Waals surface area contributed by atoms with Crippen LogP contribution in [0.1, 0.15) is 5.76 Å². The molecule has 2 heterocycles. The summed E-state index contributed by atoms with van der Waals surface area (Å²) in [5.74, 6) is 2.35. The van der Waals surface area contributed by atoms with Crippen molar-refractivity contribution >= 4 is 32.7 Å². The van der Waals surface area contributed by atoms with Crippen LogP contribution in [-0.2, 0) is 6.54 Å². The molecule has 4 rings (SSSR count). The fourth-order valence-electron chi connectivity index (χ4n) is 2.54. The number of nitrogens with one attached hydrogen (secondary N) is 1. The van der Waals surface area contributed by atoms with E-state index in [1.165, 1.54) is 0 Å². The molecule has 0 spiro atoms. The first-order chi connectivity index (χ1) is 11.8. The highest BCUT2D eigenvalue weighted by atomic mass is 79.9. The predicted octanol–water partition coefficient (Wildman–Crippen LogP) is 5.26. The molecule has 0 amide bonds. The molecule has 2 aromatic heterocycles. The van der Waals surface area contributed by atoms with Crippen LogP contribution in [0, 0.1) is 0 Å². The van der Waals surface area contributed by atoms with Gasteiger partial charge in [0.2, 0.25) is 0 Å². The number of hydrogen-bond donors (Lipinski definition) is 1. The van der Waals surface area contributed by atoms with Crippen LogP contribution in [0.4, 0.5) is 5.82 Å². The van der Waals surface area contributed by atoms with Crippen molar-refractivity contribution in [3.63, 3.8) is 0 Å². The second-order valence-electron chi connectivity index (χ2n) is 5.36. The van der Waals surface area contributed by atoms with E-state index < -0.39 is 0 Å². The Morgan fingerprint density at radius 2 is 1.83 bits per heavy atom. The third-order valence-corrected chi connectivity index (χ3v) is 4.19. The van der Waals surface area contributed by atoms with Gasteiger partial charge in [-0.25, -0.2) is 9.97 Å². The highest BCUT2D eigenvalue weighted by molar-refractivity contribution is 9.10. The topological polar surface area (TPSA) is 51.0 Å². The number of benzene rings is 2. The Hall–Kier alpha value is -2.66. The second-order valence-corrected chi connectivity index (χ2v) is 6.27. The molecule has 4 aromatic rings.